The van der Waals surface area contributed by atoms with Crippen LogP contribution in [-0.2, 0) is 6.54 Å². The number of aromatic carboxylic acids is 1. The molecule has 0 saturated carbocycles. The Morgan fingerprint density at radius 1 is 1.32 bits per heavy atom. The second kappa shape index (κ2) is 5.78. The minimum atomic E-state index is -0.993. The van der Waals surface area contributed by atoms with E-state index in [1.54, 1.807) is 23.0 Å². The molecule has 0 amide bonds. The number of aromatic nitrogens is 4. The number of carboxylic acid groups (broad SMARTS) is 1. The van der Waals surface area contributed by atoms with Crippen molar-refractivity contribution >= 4 is 28.5 Å². The average molecular weight is 299 g/mol. The van der Waals surface area contributed by atoms with Crippen LogP contribution in [-0.4, -0.2) is 42.5 Å². The molecule has 3 rings (SSSR count). The molecule has 3 aromatic rings. The molecule has 8 nitrogen and oxygen atoms in total. The summed E-state index contributed by atoms with van der Waals surface area (Å²) in [5, 5.41) is 25.9. The zero-order chi connectivity index (χ0) is 15.5. The predicted octanol–water partition coefficient (Wildman–Crippen LogP) is 1.26. The van der Waals surface area contributed by atoms with Gasteiger partial charge in [-0.3, -0.25) is 0 Å². The molecule has 0 saturated heterocycles. The van der Waals surface area contributed by atoms with Crippen LogP contribution in [0.2, 0.25) is 0 Å². The van der Waals surface area contributed by atoms with Crippen molar-refractivity contribution in [2.75, 3.05) is 11.9 Å². The van der Waals surface area contributed by atoms with E-state index in [1.165, 1.54) is 18.5 Å². The molecular formula is C14H13N5O3. The molecule has 0 spiro atoms. The van der Waals surface area contributed by atoms with Crippen molar-refractivity contribution in [3.05, 3.63) is 42.4 Å². The van der Waals surface area contributed by atoms with Crippen molar-refractivity contribution in [2.45, 2.75) is 6.54 Å². The highest BCUT2D eigenvalue weighted by Crippen LogP contribution is 2.23. The topological polar surface area (TPSA) is 113 Å². The number of benzene rings is 1. The van der Waals surface area contributed by atoms with Crippen molar-refractivity contribution in [3.63, 3.8) is 0 Å². The summed E-state index contributed by atoms with van der Waals surface area (Å²) in [6, 6.07) is 6.44. The number of fused-ring (bicyclic) bond motifs is 1. The van der Waals surface area contributed by atoms with E-state index >= 15 is 0 Å². The minimum absolute atomic E-state index is 0.0375. The van der Waals surface area contributed by atoms with Crippen LogP contribution in [0.25, 0.3) is 11.0 Å². The highest BCUT2D eigenvalue weighted by molar-refractivity contribution is 5.91. The van der Waals surface area contributed by atoms with Crippen LogP contribution < -0.4 is 5.32 Å². The van der Waals surface area contributed by atoms with Crippen molar-refractivity contribution in [1.29, 1.82) is 0 Å². The Hall–Kier alpha value is -3.00. The molecule has 0 radical (unpaired) electrons. The van der Waals surface area contributed by atoms with Gasteiger partial charge in [0, 0.05) is 5.69 Å². The summed E-state index contributed by atoms with van der Waals surface area (Å²) in [6.45, 7) is 0.304. The van der Waals surface area contributed by atoms with Gasteiger partial charge < -0.3 is 15.5 Å². The van der Waals surface area contributed by atoms with E-state index in [-0.39, 0.29) is 12.2 Å². The van der Waals surface area contributed by atoms with Gasteiger partial charge in [0.1, 0.15) is 12.1 Å². The third kappa shape index (κ3) is 2.59. The third-order valence-corrected chi connectivity index (χ3v) is 3.12. The highest BCUT2D eigenvalue weighted by Gasteiger charge is 2.10. The SMILES string of the molecule is O=C(O)c1cccc(Nc2ncnc3c2cnn3CCO)c1. The van der Waals surface area contributed by atoms with Gasteiger partial charge in [-0.1, -0.05) is 6.07 Å². The third-order valence-electron chi connectivity index (χ3n) is 3.12. The second-order valence-electron chi connectivity index (χ2n) is 4.56. The Bertz CT molecular complexity index is 830. The van der Waals surface area contributed by atoms with Gasteiger partial charge in [0.25, 0.3) is 0 Å². The van der Waals surface area contributed by atoms with Crippen LogP contribution in [0.3, 0.4) is 0 Å². The van der Waals surface area contributed by atoms with E-state index < -0.39 is 5.97 Å². The first-order valence-corrected chi connectivity index (χ1v) is 6.57. The molecule has 1 aromatic carbocycles. The molecule has 0 aliphatic rings. The smallest absolute Gasteiger partial charge is 0.335 e. The molecule has 3 N–H and O–H groups in total. The van der Waals surface area contributed by atoms with Crippen LogP contribution in [0.5, 0.6) is 0 Å². The Kier molecular flexibility index (Phi) is 3.67. The zero-order valence-corrected chi connectivity index (χ0v) is 11.5. The lowest BCUT2D eigenvalue weighted by molar-refractivity contribution is 0.0697. The van der Waals surface area contributed by atoms with Gasteiger partial charge in [-0.2, -0.15) is 5.10 Å². The largest absolute Gasteiger partial charge is 0.478 e. The Morgan fingerprint density at radius 2 is 2.18 bits per heavy atom. The van der Waals surface area contributed by atoms with E-state index in [9.17, 15) is 4.79 Å². The Morgan fingerprint density at radius 3 is 2.95 bits per heavy atom. The number of hydrogen-bond donors (Lipinski definition) is 3. The van der Waals surface area contributed by atoms with Gasteiger partial charge >= 0.3 is 5.97 Å². The zero-order valence-electron chi connectivity index (χ0n) is 11.5. The molecule has 0 unspecified atom stereocenters. The summed E-state index contributed by atoms with van der Waals surface area (Å²) < 4.78 is 1.58. The summed E-state index contributed by atoms with van der Waals surface area (Å²) in [5.74, 6) is -0.469. The summed E-state index contributed by atoms with van der Waals surface area (Å²) in [7, 11) is 0. The number of anilines is 2. The number of carbonyl (C=O) groups is 1. The maximum absolute atomic E-state index is 11.0. The van der Waals surface area contributed by atoms with E-state index in [1.807, 2.05) is 0 Å². The Balaban J connectivity index is 1.97. The van der Waals surface area contributed by atoms with Gasteiger partial charge in [-0.15, -0.1) is 0 Å². The molecule has 22 heavy (non-hydrogen) atoms. The lowest BCUT2D eigenvalue weighted by atomic mass is 10.2. The number of aliphatic hydroxyl groups is 1. The summed E-state index contributed by atoms with van der Waals surface area (Å²) in [6.07, 6.45) is 3.00. The maximum Gasteiger partial charge on any atom is 0.335 e. The fraction of sp³-hybridized carbons (Fsp3) is 0.143. The van der Waals surface area contributed by atoms with Gasteiger partial charge in [-0.25, -0.2) is 19.4 Å². The molecule has 0 atom stereocenters. The van der Waals surface area contributed by atoms with Crippen molar-refractivity contribution in [3.8, 4) is 0 Å². The fourth-order valence-electron chi connectivity index (χ4n) is 2.12. The van der Waals surface area contributed by atoms with E-state index in [0.29, 0.717) is 29.1 Å². The van der Waals surface area contributed by atoms with Crippen LogP contribution in [0.15, 0.2) is 36.8 Å². The molecule has 0 aliphatic heterocycles. The normalized spacial score (nSPS) is 10.8. The van der Waals surface area contributed by atoms with Crippen molar-refractivity contribution < 1.29 is 15.0 Å². The highest BCUT2D eigenvalue weighted by atomic mass is 16.4. The van der Waals surface area contributed by atoms with Crippen LogP contribution >= 0.6 is 0 Å². The standard InChI is InChI=1S/C14H13N5O3/c20-5-4-19-13-11(7-17-19)12(15-8-16-13)18-10-3-1-2-9(6-10)14(21)22/h1-3,6-8,20H,4-5H2,(H,21,22)(H,15,16,18). The number of nitrogens with zero attached hydrogens (tertiary/aromatic N) is 4. The molecule has 0 fully saturated rings. The van der Waals surface area contributed by atoms with Crippen LogP contribution in [0.4, 0.5) is 11.5 Å². The molecule has 8 heteroatoms. The molecule has 0 bridgehead atoms. The van der Waals surface area contributed by atoms with E-state index in [4.69, 9.17) is 10.2 Å². The number of hydrogen-bond acceptors (Lipinski definition) is 6. The van der Waals surface area contributed by atoms with E-state index in [2.05, 4.69) is 20.4 Å². The first kappa shape index (κ1) is 14.0. The number of carboxylic acids is 1. The quantitative estimate of drug-likeness (QED) is 0.650. The van der Waals surface area contributed by atoms with Crippen molar-refractivity contribution in [2.24, 2.45) is 0 Å². The van der Waals surface area contributed by atoms with Gasteiger partial charge in [0.2, 0.25) is 0 Å². The number of nitrogens with one attached hydrogen (secondary N) is 1. The molecular weight excluding hydrogens is 286 g/mol. The van der Waals surface area contributed by atoms with Gasteiger partial charge in [0.05, 0.1) is 30.3 Å². The molecule has 2 aromatic heterocycles. The Labute approximate surface area is 125 Å². The summed E-state index contributed by atoms with van der Waals surface area (Å²) in [4.78, 5) is 19.3. The maximum atomic E-state index is 11.0. The van der Waals surface area contributed by atoms with Crippen LogP contribution in [0.1, 0.15) is 10.4 Å². The van der Waals surface area contributed by atoms with Crippen LogP contribution in [0, 0.1) is 0 Å². The lowest BCUT2D eigenvalue weighted by Crippen LogP contribution is -2.05. The van der Waals surface area contributed by atoms with Crippen molar-refractivity contribution in [1.82, 2.24) is 19.7 Å². The summed E-state index contributed by atoms with van der Waals surface area (Å²) >= 11 is 0. The number of rotatable bonds is 5. The lowest BCUT2D eigenvalue weighted by Gasteiger charge is -2.07. The number of aliphatic hydroxyl groups excluding tert-OH is 1. The molecule has 0 aliphatic carbocycles. The first-order valence-electron chi connectivity index (χ1n) is 6.57. The van der Waals surface area contributed by atoms with E-state index in [0.717, 1.165) is 0 Å². The average Bonchev–Trinajstić information content (AvgIpc) is 2.92. The molecule has 112 valence electrons. The summed E-state index contributed by atoms with van der Waals surface area (Å²) in [5.41, 5.74) is 1.39. The van der Waals surface area contributed by atoms with Gasteiger partial charge in [0.15, 0.2) is 5.65 Å². The minimum Gasteiger partial charge on any atom is -0.478 e. The molecule has 2 heterocycles. The predicted molar refractivity (Wildman–Crippen MR) is 79.1 cm³/mol. The monoisotopic (exact) mass is 299 g/mol. The first-order chi connectivity index (χ1) is 10.7. The second-order valence-corrected chi connectivity index (χ2v) is 4.56. The fourth-order valence-corrected chi connectivity index (χ4v) is 2.12. The van der Waals surface area contributed by atoms with Gasteiger partial charge in [-0.05, 0) is 18.2 Å².